The highest BCUT2D eigenvalue weighted by atomic mass is 35.5. The first-order valence-corrected chi connectivity index (χ1v) is 14.0. The number of ether oxygens (including phenoxy) is 4. The Balaban J connectivity index is 1.38. The van der Waals surface area contributed by atoms with E-state index in [0.29, 0.717) is 29.4 Å². The van der Waals surface area contributed by atoms with E-state index in [2.05, 4.69) is 9.88 Å². The zero-order chi connectivity index (χ0) is 28.2. The van der Waals surface area contributed by atoms with Gasteiger partial charge in [0.1, 0.15) is 6.10 Å². The third kappa shape index (κ3) is 5.69. The number of nitrogens with zero attached hydrogens (tertiary/aromatic N) is 1. The van der Waals surface area contributed by atoms with Crippen LogP contribution in [-0.2, 0) is 19.1 Å². The van der Waals surface area contributed by atoms with E-state index in [1.54, 1.807) is 14.2 Å². The molecule has 1 amide bonds. The number of carbonyl (C=O) groups excluding carboxylic acids is 2. The molecule has 0 unspecified atom stereocenters. The molecule has 5 rings (SSSR count). The van der Waals surface area contributed by atoms with E-state index in [9.17, 15) is 9.59 Å². The Morgan fingerprint density at radius 2 is 1.80 bits per heavy atom. The summed E-state index contributed by atoms with van der Waals surface area (Å²) < 4.78 is 25.2. The van der Waals surface area contributed by atoms with Gasteiger partial charge < -0.3 is 28.8 Å². The second-order valence-electron chi connectivity index (χ2n) is 10.3. The molecule has 9 heteroatoms. The van der Waals surface area contributed by atoms with Crippen molar-refractivity contribution in [2.45, 2.75) is 56.8 Å². The Kier molecular flexibility index (Phi) is 8.66. The summed E-state index contributed by atoms with van der Waals surface area (Å²) >= 11 is 6.48. The lowest BCUT2D eigenvalue weighted by molar-refractivity contribution is -0.146. The van der Waals surface area contributed by atoms with Gasteiger partial charge in [0.25, 0.3) is 0 Å². The molecular weight excluding hydrogens is 532 g/mol. The minimum absolute atomic E-state index is 0.0245. The fraction of sp³-hybridized carbons (Fsp3) is 0.419. The Morgan fingerprint density at radius 1 is 1.00 bits per heavy atom. The average Bonchev–Trinajstić information content (AvgIpc) is 3.42. The highest BCUT2D eigenvalue weighted by Gasteiger charge is 2.33. The van der Waals surface area contributed by atoms with Crippen molar-refractivity contribution in [2.75, 3.05) is 21.3 Å². The van der Waals surface area contributed by atoms with Crippen molar-refractivity contribution < 1.29 is 28.5 Å². The summed E-state index contributed by atoms with van der Waals surface area (Å²) in [6, 6.07) is 15.6. The Morgan fingerprint density at radius 3 is 2.52 bits per heavy atom. The van der Waals surface area contributed by atoms with Crippen LogP contribution in [0.25, 0.3) is 5.69 Å². The molecule has 2 aromatic carbocycles. The van der Waals surface area contributed by atoms with Gasteiger partial charge in [-0.1, -0.05) is 23.7 Å². The van der Waals surface area contributed by atoms with Crippen LogP contribution in [0.15, 0.2) is 54.7 Å². The van der Waals surface area contributed by atoms with E-state index >= 15 is 0 Å². The number of hydrogen-bond donors (Lipinski definition) is 1. The van der Waals surface area contributed by atoms with Crippen LogP contribution in [-0.4, -0.2) is 43.8 Å². The molecule has 2 atom stereocenters. The van der Waals surface area contributed by atoms with Crippen molar-refractivity contribution in [3.05, 3.63) is 76.6 Å². The molecule has 8 nitrogen and oxygen atoms in total. The van der Waals surface area contributed by atoms with Crippen molar-refractivity contribution >= 4 is 23.5 Å². The molecule has 212 valence electrons. The zero-order valence-corrected chi connectivity index (χ0v) is 23.8. The molecule has 2 aliphatic rings. The molecule has 0 spiro atoms. The number of nitrogens with one attached hydrogen (secondary N) is 1. The minimum atomic E-state index is -0.514. The van der Waals surface area contributed by atoms with Crippen LogP contribution in [0.1, 0.15) is 67.6 Å². The maximum atomic E-state index is 13.0. The standard InChI is InChI=1S/C31H35ClN2O6/c1-37-27-8-4-6-22(30(27)38-2)29-23-18-20(32)11-14-24(23)34-17-5-7-25(34)26(40-29)15-16-28(35)33-21-12-9-19(10-13-21)31(36)39-3/h4-8,11,14,17-19,21,26,29H,9-10,12-13,15-16H2,1-3H3,(H,33,35)/t19?,21?,26-,29-/m1/s1. The number of hydrogen-bond acceptors (Lipinski definition) is 6. The van der Waals surface area contributed by atoms with Crippen LogP contribution < -0.4 is 14.8 Å². The molecule has 1 saturated carbocycles. The van der Waals surface area contributed by atoms with Gasteiger partial charge in [0.05, 0.1) is 44.7 Å². The van der Waals surface area contributed by atoms with Gasteiger partial charge in [-0.05, 0) is 68.5 Å². The number of methoxy groups -OCH3 is 3. The number of amides is 1. The summed E-state index contributed by atoms with van der Waals surface area (Å²) in [6.45, 7) is 0. The molecule has 1 aliphatic heterocycles. The van der Waals surface area contributed by atoms with Crippen LogP contribution in [0.5, 0.6) is 11.5 Å². The Hall–Kier alpha value is -3.49. The summed E-state index contributed by atoms with van der Waals surface area (Å²) in [7, 11) is 4.64. The van der Waals surface area contributed by atoms with Crippen molar-refractivity contribution in [2.24, 2.45) is 5.92 Å². The van der Waals surface area contributed by atoms with Gasteiger partial charge in [0, 0.05) is 34.8 Å². The first-order chi connectivity index (χ1) is 19.4. The molecule has 0 bridgehead atoms. The zero-order valence-electron chi connectivity index (χ0n) is 23.0. The number of rotatable bonds is 8. The predicted octanol–water partition coefficient (Wildman–Crippen LogP) is 5.94. The molecule has 3 aromatic rings. The average molecular weight is 567 g/mol. The van der Waals surface area contributed by atoms with Gasteiger partial charge in [-0.15, -0.1) is 0 Å². The van der Waals surface area contributed by atoms with Crippen LogP contribution in [0.4, 0.5) is 0 Å². The molecular formula is C31H35ClN2O6. The quantitative estimate of drug-likeness (QED) is 0.340. The van der Waals surface area contributed by atoms with Crippen LogP contribution >= 0.6 is 11.6 Å². The van der Waals surface area contributed by atoms with Crippen molar-refractivity contribution in [3.63, 3.8) is 0 Å². The molecule has 1 fully saturated rings. The van der Waals surface area contributed by atoms with Gasteiger partial charge in [-0.3, -0.25) is 9.59 Å². The number of halogens is 1. The summed E-state index contributed by atoms with van der Waals surface area (Å²) in [4.78, 5) is 24.9. The number of fused-ring (bicyclic) bond motifs is 3. The van der Waals surface area contributed by atoms with Gasteiger partial charge in [-0.25, -0.2) is 0 Å². The number of aromatic nitrogens is 1. The van der Waals surface area contributed by atoms with E-state index in [4.69, 9.17) is 30.5 Å². The lowest BCUT2D eigenvalue weighted by Gasteiger charge is -2.28. The summed E-state index contributed by atoms with van der Waals surface area (Å²) in [6.07, 6.45) is 4.88. The predicted molar refractivity (Wildman–Crippen MR) is 151 cm³/mol. The lowest BCUT2D eigenvalue weighted by atomic mass is 9.86. The molecule has 1 aromatic heterocycles. The molecule has 0 radical (unpaired) electrons. The molecule has 40 heavy (non-hydrogen) atoms. The fourth-order valence-corrected chi connectivity index (χ4v) is 6.10. The van der Waals surface area contributed by atoms with Crippen LogP contribution in [0.2, 0.25) is 5.02 Å². The normalized spacial score (nSPS) is 21.9. The van der Waals surface area contributed by atoms with Crippen molar-refractivity contribution in [1.82, 2.24) is 9.88 Å². The lowest BCUT2D eigenvalue weighted by Crippen LogP contribution is -2.39. The molecule has 2 heterocycles. The highest BCUT2D eigenvalue weighted by Crippen LogP contribution is 2.46. The minimum Gasteiger partial charge on any atom is -0.493 e. The maximum Gasteiger partial charge on any atom is 0.308 e. The largest absolute Gasteiger partial charge is 0.493 e. The van der Waals surface area contributed by atoms with E-state index < -0.39 is 6.10 Å². The van der Waals surface area contributed by atoms with Gasteiger partial charge >= 0.3 is 5.97 Å². The molecule has 1 aliphatic carbocycles. The van der Waals surface area contributed by atoms with Crippen LogP contribution in [0.3, 0.4) is 0 Å². The second kappa shape index (κ2) is 12.4. The number of carbonyl (C=O) groups is 2. The van der Waals surface area contributed by atoms with Gasteiger partial charge in [-0.2, -0.15) is 0 Å². The van der Waals surface area contributed by atoms with E-state index in [0.717, 1.165) is 48.2 Å². The SMILES string of the molecule is COC(=O)C1CCC(NC(=O)CC[C@H]2O[C@H](c3cccc(OC)c3OC)c3cc(Cl)ccc3-n3cccc32)CC1. The highest BCUT2D eigenvalue weighted by molar-refractivity contribution is 6.30. The second-order valence-corrected chi connectivity index (χ2v) is 10.7. The number of para-hydroxylation sites is 1. The van der Waals surface area contributed by atoms with Crippen molar-refractivity contribution in [3.8, 4) is 17.2 Å². The summed E-state index contributed by atoms with van der Waals surface area (Å²) in [5.41, 5.74) is 3.62. The van der Waals surface area contributed by atoms with E-state index in [-0.39, 0.29) is 29.9 Å². The van der Waals surface area contributed by atoms with Crippen LogP contribution in [0, 0.1) is 5.92 Å². The monoisotopic (exact) mass is 566 g/mol. The van der Waals surface area contributed by atoms with Crippen molar-refractivity contribution in [1.29, 1.82) is 0 Å². The third-order valence-electron chi connectivity index (χ3n) is 7.92. The molecule has 0 saturated heterocycles. The smallest absolute Gasteiger partial charge is 0.308 e. The topological polar surface area (TPSA) is 88.0 Å². The third-order valence-corrected chi connectivity index (χ3v) is 8.15. The first kappa shape index (κ1) is 28.1. The van der Waals surface area contributed by atoms with E-state index in [1.165, 1.54) is 7.11 Å². The maximum absolute atomic E-state index is 13.0. The number of esters is 1. The first-order valence-electron chi connectivity index (χ1n) is 13.6. The Labute approximate surface area is 239 Å². The van der Waals surface area contributed by atoms with E-state index in [1.807, 2.05) is 54.7 Å². The fourth-order valence-electron chi connectivity index (χ4n) is 5.92. The Bertz CT molecular complexity index is 1360. The van der Waals surface area contributed by atoms with Gasteiger partial charge in [0.2, 0.25) is 5.91 Å². The number of benzene rings is 2. The summed E-state index contributed by atoms with van der Waals surface area (Å²) in [5.74, 6) is 0.928. The molecule has 1 N–H and O–H groups in total. The van der Waals surface area contributed by atoms with Gasteiger partial charge in [0.15, 0.2) is 11.5 Å². The summed E-state index contributed by atoms with van der Waals surface area (Å²) in [5, 5.41) is 3.76.